The summed E-state index contributed by atoms with van der Waals surface area (Å²) in [5, 5.41) is 2.26. The van der Waals surface area contributed by atoms with Crippen LogP contribution in [0.2, 0.25) is 10.3 Å². The SMILES string of the molecule is COc1ccc(N2Cc3cnc(Cl)nc3N(CC(C)O[Si](c3ccccc3)(c3ccccc3)C(C)(C)C)C2=O)cc1. The van der Waals surface area contributed by atoms with Gasteiger partial charge in [-0.3, -0.25) is 9.80 Å². The number of nitrogens with zero attached hydrogens (tertiary/aromatic N) is 4. The van der Waals surface area contributed by atoms with Crippen molar-refractivity contribution in [2.75, 3.05) is 23.5 Å². The lowest BCUT2D eigenvalue weighted by Crippen LogP contribution is -2.68. The predicted octanol–water partition coefficient (Wildman–Crippen LogP) is 6.05. The number of rotatable bonds is 8. The van der Waals surface area contributed by atoms with Gasteiger partial charge < -0.3 is 9.16 Å². The number of halogens is 1. The van der Waals surface area contributed by atoms with Gasteiger partial charge in [0.1, 0.15) is 11.6 Å². The highest BCUT2D eigenvalue weighted by atomic mass is 35.5. The van der Waals surface area contributed by atoms with Crippen LogP contribution in [0, 0.1) is 0 Å². The molecule has 0 spiro atoms. The van der Waals surface area contributed by atoms with Gasteiger partial charge in [-0.1, -0.05) is 81.4 Å². The molecule has 212 valence electrons. The average Bonchev–Trinajstić information content (AvgIpc) is 2.97. The van der Waals surface area contributed by atoms with Crippen LogP contribution in [-0.2, 0) is 11.0 Å². The Labute approximate surface area is 247 Å². The molecule has 7 nitrogen and oxygen atoms in total. The van der Waals surface area contributed by atoms with Gasteiger partial charge in [0.15, 0.2) is 0 Å². The number of benzene rings is 3. The molecular formula is C32H35ClN4O3Si. The molecule has 4 aromatic rings. The van der Waals surface area contributed by atoms with Gasteiger partial charge in [-0.25, -0.2) is 9.78 Å². The second-order valence-electron chi connectivity index (χ2n) is 11.3. The van der Waals surface area contributed by atoms with Crippen molar-refractivity contribution in [1.82, 2.24) is 9.97 Å². The van der Waals surface area contributed by atoms with Crippen molar-refractivity contribution >= 4 is 47.8 Å². The highest BCUT2D eigenvalue weighted by Gasteiger charge is 2.51. The fourth-order valence-corrected chi connectivity index (χ4v) is 10.4. The maximum Gasteiger partial charge on any atom is 0.330 e. The van der Waals surface area contributed by atoms with E-state index in [0.29, 0.717) is 12.4 Å². The Morgan fingerprint density at radius 1 is 0.951 bits per heavy atom. The van der Waals surface area contributed by atoms with Gasteiger partial charge in [0.2, 0.25) is 5.28 Å². The summed E-state index contributed by atoms with van der Waals surface area (Å²) in [4.78, 5) is 26.1. The number of hydrogen-bond acceptors (Lipinski definition) is 5. The van der Waals surface area contributed by atoms with E-state index in [9.17, 15) is 4.79 Å². The van der Waals surface area contributed by atoms with Crippen LogP contribution in [0.25, 0.3) is 0 Å². The van der Waals surface area contributed by atoms with Crippen molar-refractivity contribution in [2.24, 2.45) is 0 Å². The first-order valence-corrected chi connectivity index (χ1v) is 16.0. The van der Waals surface area contributed by atoms with Crippen molar-refractivity contribution in [3.63, 3.8) is 0 Å². The second kappa shape index (κ2) is 11.6. The number of carbonyl (C=O) groups is 1. The zero-order chi connectivity index (χ0) is 29.2. The number of ether oxygens (including phenoxy) is 1. The molecule has 1 aromatic heterocycles. The molecule has 1 aliphatic heterocycles. The van der Waals surface area contributed by atoms with E-state index in [1.807, 2.05) is 43.3 Å². The molecular weight excluding hydrogens is 552 g/mol. The number of anilines is 2. The molecule has 0 saturated carbocycles. The quantitative estimate of drug-likeness (QED) is 0.186. The van der Waals surface area contributed by atoms with Crippen LogP contribution in [0.4, 0.5) is 16.3 Å². The summed E-state index contributed by atoms with van der Waals surface area (Å²) >= 11 is 6.23. The maximum absolute atomic E-state index is 14.1. The number of aromatic nitrogens is 2. The van der Waals surface area contributed by atoms with E-state index in [4.69, 9.17) is 20.8 Å². The molecule has 5 rings (SSSR count). The first-order chi connectivity index (χ1) is 19.6. The minimum absolute atomic E-state index is 0.0972. The molecule has 2 amide bonds. The van der Waals surface area contributed by atoms with E-state index in [2.05, 4.69) is 79.3 Å². The average molecular weight is 587 g/mol. The normalized spacial score (nSPS) is 14.5. The number of methoxy groups -OCH3 is 1. The lowest BCUT2D eigenvalue weighted by atomic mass is 10.1. The number of hydrogen-bond donors (Lipinski definition) is 0. The van der Waals surface area contributed by atoms with E-state index in [1.54, 1.807) is 23.1 Å². The van der Waals surface area contributed by atoms with Gasteiger partial charge in [-0.2, -0.15) is 4.98 Å². The Morgan fingerprint density at radius 2 is 1.54 bits per heavy atom. The maximum atomic E-state index is 14.1. The summed E-state index contributed by atoms with van der Waals surface area (Å²) in [6.45, 7) is 9.37. The predicted molar refractivity (Wildman–Crippen MR) is 167 cm³/mol. The molecule has 0 aliphatic carbocycles. The molecule has 0 N–H and O–H groups in total. The van der Waals surface area contributed by atoms with E-state index < -0.39 is 8.32 Å². The van der Waals surface area contributed by atoms with Crippen molar-refractivity contribution in [3.8, 4) is 5.75 Å². The Kier molecular flexibility index (Phi) is 8.17. The van der Waals surface area contributed by atoms with Gasteiger partial charge in [-0.15, -0.1) is 0 Å². The molecule has 9 heteroatoms. The molecule has 41 heavy (non-hydrogen) atoms. The molecule has 0 radical (unpaired) electrons. The molecule has 0 bridgehead atoms. The van der Waals surface area contributed by atoms with Gasteiger partial charge in [-0.05, 0) is 58.2 Å². The van der Waals surface area contributed by atoms with Crippen LogP contribution in [-0.4, -0.2) is 44.1 Å². The summed E-state index contributed by atoms with van der Waals surface area (Å²) in [7, 11) is -1.22. The Bertz CT molecular complexity index is 1460. The van der Waals surface area contributed by atoms with Gasteiger partial charge in [0.05, 0.1) is 26.3 Å². The molecule has 1 aliphatic rings. The summed E-state index contributed by atoms with van der Waals surface area (Å²) < 4.78 is 12.6. The fraction of sp³-hybridized carbons (Fsp3) is 0.281. The largest absolute Gasteiger partial charge is 0.497 e. The molecule has 1 unspecified atom stereocenters. The zero-order valence-corrected chi connectivity index (χ0v) is 25.8. The molecule has 0 fully saturated rings. The van der Waals surface area contributed by atoms with Crippen molar-refractivity contribution in [2.45, 2.75) is 45.4 Å². The smallest absolute Gasteiger partial charge is 0.330 e. The van der Waals surface area contributed by atoms with Gasteiger partial charge >= 0.3 is 6.03 Å². The fourth-order valence-electron chi connectivity index (χ4n) is 5.61. The van der Waals surface area contributed by atoms with Crippen LogP contribution < -0.4 is 24.9 Å². The van der Waals surface area contributed by atoms with Crippen LogP contribution >= 0.6 is 11.6 Å². The van der Waals surface area contributed by atoms with E-state index in [1.165, 1.54) is 10.4 Å². The third kappa shape index (κ3) is 5.60. The van der Waals surface area contributed by atoms with Gasteiger partial charge in [0.25, 0.3) is 8.32 Å². The third-order valence-corrected chi connectivity index (χ3v) is 12.8. The van der Waals surface area contributed by atoms with Crippen LogP contribution in [0.1, 0.15) is 33.3 Å². The summed E-state index contributed by atoms with van der Waals surface area (Å²) in [6.07, 6.45) is 1.36. The highest BCUT2D eigenvalue weighted by Crippen LogP contribution is 2.38. The Morgan fingerprint density at radius 3 is 2.07 bits per heavy atom. The lowest BCUT2D eigenvalue weighted by Gasteiger charge is -2.45. The van der Waals surface area contributed by atoms with E-state index in [-0.39, 0.29) is 29.0 Å². The van der Waals surface area contributed by atoms with Crippen molar-refractivity contribution in [3.05, 3.63) is 102 Å². The standard InChI is InChI=1S/C32H35ClN4O3Si/c1-23(40-41(32(2,3)4,27-12-8-6-9-13-27)28-14-10-7-11-15-28)21-37-29-24(20-34-30(33)35-29)22-36(31(37)38)25-16-18-26(39-5)19-17-25/h6-20,23H,21-22H2,1-5H3. The zero-order valence-electron chi connectivity index (χ0n) is 24.0. The van der Waals surface area contributed by atoms with Crippen LogP contribution in [0.15, 0.2) is 91.1 Å². The molecule has 2 heterocycles. The Balaban J connectivity index is 1.53. The van der Waals surface area contributed by atoms with Crippen LogP contribution in [0.3, 0.4) is 0 Å². The molecule has 0 saturated heterocycles. The topological polar surface area (TPSA) is 67.8 Å². The number of fused-ring (bicyclic) bond motifs is 1. The summed E-state index contributed by atoms with van der Waals surface area (Å²) in [5.74, 6) is 1.23. The number of carbonyl (C=O) groups excluding carboxylic acids is 1. The van der Waals surface area contributed by atoms with Crippen molar-refractivity contribution in [1.29, 1.82) is 0 Å². The first-order valence-electron chi connectivity index (χ1n) is 13.7. The highest BCUT2D eigenvalue weighted by molar-refractivity contribution is 6.99. The Hall–Kier alpha value is -3.72. The second-order valence-corrected chi connectivity index (χ2v) is 15.8. The molecule has 3 aromatic carbocycles. The number of amides is 2. The van der Waals surface area contributed by atoms with Crippen LogP contribution in [0.5, 0.6) is 5.75 Å². The first kappa shape index (κ1) is 28.8. The van der Waals surface area contributed by atoms with E-state index >= 15 is 0 Å². The minimum Gasteiger partial charge on any atom is -0.497 e. The van der Waals surface area contributed by atoms with E-state index in [0.717, 1.165) is 17.0 Å². The van der Waals surface area contributed by atoms with Gasteiger partial charge in [0, 0.05) is 17.4 Å². The monoisotopic (exact) mass is 586 g/mol. The summed E-state index contributed by atoms with van der Waals surface area (Å²) in [6, 6.07) is 28.2. The summed E-state index contributed by atoms with van der Waals surface area (Å²) in [5.41, 5.74) is 1.56. The minimum atomic E-state index is -2.84. The lowest BCUT2D eigenvalue weighted by molar-refractivity contribution is 0.206. The van der Waals surface area contributed by atoms with Crippen molar-refractivity contribution < 1.29 is 14.0 Å². The third-order valence-electron chi connectivity index (χ3n) is 7.48. The number of urea groups is 1. The molecule has 1 atom stereocenters.